The third-order valence-corrected chi connectivity index (χ3v) is 5.98. The van der Waals surface area contributed by atoms with Crippen LogP contribution in [-0.4, -0.2) is 36.3 Å². The lowest BCUT2D eigenvalue weighted by atomic mass is 9.87. The quantitative estimate of drug-likeness (QED) is 0.511. The van der Waals surface area contributed by atoms with Crippen LogP contribution in [0.5, 0.6) is 11.5 Å². The average Bonchev–Trinajstić information content (AvgIpc) is 2.82. The Morgan fingerprint density at radius 2 is 1.97 bits per heavy atom. The summed E-state index contributed by atoms with van der Waals surface area (Å²) in [6.45, 7) is 3.28. The molecule has 32 heavy (non-hydrogen) atoms. The molecule has 6 heteroatoms. The summed E-state index contributed by atoms with van der Waals surface area (Å²) < 4.78 is 11.5. The summed E-state index contributed by atoms with van der Waals surface area (Å²) in [6.07, 6.45) is 5.64. The molecule has 6 nitrogen and oxygen atoms in total. The standard InChI is InChI=1S/C26H28N2O4/c1-3-31-22-9-6-20(7-10-22)28(2)21-8-11-23-18(13-15-32-25(23)16-21)4-5-19-17-27-14-12-24(19)26(29)30/h6-12,14,16-18H,3-5,13,15H2,1-2H3,(H,29,30)/t18-/m1/s1. The lowest BCUT2D eigenvalue weighted by molar-refractivity contribution is 0.0695. The van der Waals surface area contributed by atoms with Crippen molar-refractivity contribution in [2.45, 2.75) is 32.1 Å². The first-order chi connectivity index (χ1) is 15.6. The summed E-state index contributed by atoms with van der Waals surface area (Å²) >= 11 is 0. The molecule has 3 aromatic rings. The van der Waals surface area contributed by atoms with Gasteiger partial charge in [-0.25, -0.2) is 4.79 Å². The van der Waals surface area contributed by atoms with Gasteiger partial charge in [0, 0.05) is 36.9 Å². The van der Waals surface area contributed by atoms with Gasteiger partial charge in [-0.3, -0.25) is 4.98 Å². The van der Waals surface area contributed by atoms with Crippen LogP contribution in [-0.2, 0) is 6.42 Å². The number of carboxylic acids is 1. The number of carboxylic acid groups (broad SMARTS) is 1. The van der Waals surface area contributed by atoms with Crippen LogP contribution in [0.25, 0.3) is 0 Å². The Hall–Kier alpha value is -3.54. The topological polar surface area (TPSA) is 71.9 Å². The molecular formula is C26H28N2O4. The molecule has 1 atom stereocenters. The number of aromatic carboxylic acids is 1. The van der Waals surface area contributed by atoms with Gasteiger partial charge in [0.1, 0.15) is 11.5 Å². The number of aryl methyl sites for hydroxylation is 1. The van der Waals surface area contributed by atoms with Crippen molar-refractivity contribution in [2.75, 3.05) is 25.2 Å². The van der Waals surface area contributed by atoms with Crippen molar-refractivity contribution < 1.29 is 19.4 Å². The van der Waals surface area contributed by atoms with Crippen molar-refractivity contribution in [2.24, 2.45) is 0 Å². The smallest absolute Gasteiger partial charge is 0.336 e. The van der Waals surface area contributed by atoms with E-state index in [0.29, 0.717) is 31.1 Å². The Morgan fingerprint density at radius 3 is 2.72 bits per heavy atom. The number of nitrogens with zero attached hydrogens (tertiary/aromatic N) is 2. The van der Waals surface area contributed by atoms with Gasteiger partial charge in [-0.1, -0.05) is 6.07 Å². The maximum atomic E-state index is 11.5. The molecule has 1 aromatic heterocycles. The van der Waals surface area contributed by atoms with Gasteiger partial charge in [-0.2, -0.15) is 0 Å². The molecule has 4 rings (SSSR count). The van der Waals surface area contributed by atoms with Crippen molar-refractivity contribution in [1.29, 1.82) is 0 Å². The number of aromatic nitrogens is 1. The number of ether oxygens (including phenoxy) is 2. The van der Waals surface area contributed by atoms with Gasteiger partial charge in [0.25, 0.3) is 0 Å². The second kappa shape index (κ2) is 9.73. The van der Waals surface area contributed by atoms with E-state index in [1.807, 2.05) is 38.2 Å². The molecule has 0 unspecified atom stereocenters. The van der Waals surface area contributed by atoms with Crippen molar-refractivity contribution >= 4 is 17.3 Å². The predicted molar refractivity (Wildman–Crippen MR) is 124 cm³/mol. The molecule has 0 saturated carbocycles. The van der Waals surface area contributed by atoms with Crippen molar-refractivity contribution in [3.8, 4) is 11.5 Å². The number of hydrogen-bond acceptors (Lipinski definition) is 5. The number of pyridine rings is 1. The van der Waals surface area contributed by atoms with Crippen LogP contribution in [0, 0.1) is 0 Å². The molecule has 0 fully saturated rings. The van der Waals surface area contributed by atoms with E-state index in [4.69, 9.17) is 9.47 Å². The van der Waals surface area contributed by atoms with Crippen LogP contribution >= 0.6 is 0 Å². The van der Waals surface area contributed by atoms with Gasteiger partial charge in [-0.15, -0.1) is 0 Å². The van der Waals surface area contributed by atoms with E-state index in [2.05, 4.69) is 28.1 Å². The van der Waals surface area contributed by atoms with Gasteiger partial charge in [0.05, 0.1) is 18.8 Å². The van der Waals surface area contributed by atoms with E-state index >= 15 is 0 Å². The van der Waals surface area contributed by atoms with Crippen LogP contribution in [0.4, 0.5) is 11.4 Å². The van der Waals surface area contributed by atoms with Gasteiger partial charge in [0.2, 0.25) is 0 Å². The Morgan fingerprint density at radius 1 is 1.19 bits per heavy atom. The van der Waals surface area contributed by atoms with E-state index in [1.54, 1.807) is 12.3 Å². The second-order valence-corrected chi connectivity index (χ2v) is 7.92. The lowest BCUT2D eigenvalue weighted by Gasteiger charge is -2.28. The molecule has 0 saturated heterocycles. The largest absolute Gasteiger partial charge is 0.494 e. The van der Waals surface area contributed by atoms with Crippen LogP contribution in [0.2, 0.25) is 0 Å². The van der Waals surface area contributed by atoms with Crippen LogP contribution in [0.15, 0.2) is 60.9 Å². The summed E-state index contributed by atoms with van der Waals surface area (Å²) in [6, 6.07) is 16.0. The highest BCUT2D eigenvalue weighted by Crippen LogP contribution is 2.40. The maximum Gasteiger partial charge on any atom is 0.336 e. The van der Waals surface area contributed by atoms with Crippen molar-refractivity contribution in [1.82, 2.24) is 4.98 Å². The number of rotatable bonds is 8. The first kappa shape index (κ1) is 21.7. The van der Waals surface area contributed by atoms with Gasteiger partial charge >= 0.3 is 5.97 Å². The predicted octanol–water partition coefficient (Wildman–Crippen LogP) is 5.45. The number of hydrogen-bond donors (Lipinski definition) is 1. The molecule has 1 aliphatic rings. The van der Waals surface area contributed by atoms with Crippen LogP contribution in [0.1, 0.15) is 47.2 Å². The number of anilines is 2. The number of carbonyl (C=O) groups is 1. The molecule has 0 radical (unpaired) electrons. The minimum atomic E-state index is -0.906. The molecule has 1 N–H and O–H groups in total. The minimum absolute atomic E-state index is 0.324. The first-order valence-electron chi connectivity index (χ1n) is 11.0. The number of fused-ring (bicyclic) bond motifs is 1. The highest BCUT2D eigenvalue weighted by atomic mass is 16.5. The van der Waals surface area contributed by atoms with E-state index in [1.165, 1.54) is 11.8 Å². The summed E-state index contributed by atoms with van der Waals surface area (Å²) in [5.74, 6) is 1.18. The Kier molecular flexibility index (Phi) is 6.59. The molecular weight excluding hydrogens is 404 g/mol. The zero-order valence-corrected chi connectivity index (χ0v) is 18.5. The molecule has 0 spiro atoms. The summed E-state index contributed by atoms with van der Waals surface area (Å²) in [7, 11) is 2.04. The molecule has 0 amide bonds. The van der Waals surface area contributed by atoms with E-state index in [-0.39, 0.29) is 0 Å². The Labute approximate surface area is 188 Å². The molecule has 2 heterocycles. The van der Waals surface area contributed by atoms with Crippen molar-refractivity contribution in [3.05, 3.63) is 77.6 Å². The zero-order valence-electron chi connectivity index (χ0n) is 18.5. The summed E-state index contributed by atoms with van der Waals surface area (Å²) in [5.41, 5.74) is 4.41. The Bertz CT molecular complexity index is 1080. The second-order valence-electron chi connectivity index (χ2n) is 7.92. The van der Waals surface area contributed by atoms with Gasteiger partial charge in [-0.05, 0) is 79.6 Å². The fourth-order valence-corrected chi connectivity index (χ4v) is 4.21. The van der Waals surface area contributed by atoms with Gasteiger partial charge in [0.15, 0.2) is 0 Å². The van der Waals surface area contributed by atoms with Crippen LogP contribution < -0.4 is 14.4 Å². The fourth-order valence-electron chi connectivity index (χ4n) is 4.21. The SMILES string of the molecule is CCOc1ccc(N(C)c2ccc3c(c2)OCC[C@H]3CCc2cnccc2C(=O)O)cc1. The monoisotopic (exact) mass is 432 g/mol. The third kappa shape index (κ3) is 4.69. The van der Waals surface area contributed by atoms with Crippen molar-refractivity contribution in [3.63, 3.8) is 0 Å². The molecule has 0 aliphatic carbocycles. The zero-order chi connectivity index (χ0) is 22.5. The molecule has 1 aliphatic heterocycles. The highest BCUT2D eigenvalue weighted by Gasteiger charge is 2.23. The fraction of sp³-hybridized carbons (Fsp3) is 0.308. The average molecular weight is 433 g/mol. The van der Waals surface area contributed by atoms with Crippen LogP contribution in [0.3, 0.4) is 0 Å². The van der Waals surface area contributed by atoms with E-state index in [9.17, 15) is 9.90 Å². The first-order valence-corrected chi connectivity index (χ1v) is 11.0. The van der Waals surface area contributed by atoms with Gasteiger partial charge < -0.3 is 19.5 Å². The molecule has 0 bridgehead atoms. The lowest BCUT2D eigenvalue weighted by Crippen LogP contribution is -2.17. The summed E-state index contributed by atoms with van der Waals surface area (Å²) in [5, 5.41) is 9.42. The summed E-state index contributed by atoms with van der Waals surface area (Å²) in [4.78, 5) is 17.7. The highest BCUT2D eigenvalue weighted by molar-refractivity contribution is 5.89. The van der Waals surface area contributed by atoms with E-state index < -0.39 is 5.97 Å². The maximum absolute atomic E-state index is 11.5. The minimum Gasteiger partial charge on any atom is -0.494 e. The third-order valence-electron chi connectivity index (χ3n) is 5.98. The van der Waals surface area contributed by atoms with E-state index in [0.717, 1.165) is 41.3 Å². The molecule has 2 aromatic carbocycles. The number of benzene rings is 2. The molecule has 166 valence electrons. The normalized spacial score (nSPS) is 14.9. The Balaban J connectivity index is 1.49.